The minimum Gasteiger partial charge on any atom is -0.465 e. The maximum atomic E-state index is 10.9. The van der Waals surface area contributed by atoms with Gasteiger partial charge in [0.05, 0.1) is 12.7 Å². The summed E-state index contributed by atoms with van der Waals surface area (Å²) in [6, 6.07) is 1.95. The molecule has 1 amide bonds. The Morgan fingerprint density at radius 1 is 1.62 bits per heavy atom. The molecular weight excluding hydrogens is 172 g/mol. The summed E-state index contributed by atoms with van der Waals surface area (Å²) in [5, 5.41) is 17.8. The van der Waals surface area contributed by atoms with Crippen molar-refractivity contribution >= 4 is 6.09 Å². The Bertz CT molecular complexity index is 282. The predicted molar refractivity (Wildman–Crippen MR) is 43.9 cm³/mol. The molecule has 13 heavy (non-hydrogen) atoms. The van der Waals surface area contributed by atoms with Crippen LogP contribution in [0.25, 0.3) is 0 Å². The van der Waals surface area contributed by atoms with Gasteiger partial charge in [0.1, 0.15) is 5.72 Å². The van der Waals surface area contributed by atoms with Gasteiger partial charge in [-0.2, -0.15) is 5.26 Å². The van der Waals surface area contributed by atoms with Crippen LogP contribution in [0.5, 0.6) is 0 Å². The lowest BCUT2D eigenvalue weighted by atomic mass is 10.0. The topological polar surface area (TPSA) is 73.6 Å². The third kappa shape index (κ3) is 1.33. The number of rotatable bonds is 0. The normalized spacial score (nSPS) is 31.4. The van der Waals surface area contributed by atoms with Crippen LogP contribution in [0.2, 0.25) is 0 Å². The molecule has 1 aliphatic heterocycles. The highest BCUT2D eigenvalue weighted by molar-refractivity contribution is 5.68. The van der Waals surface area contributed by atoms with Crippen molar-refractivity contribution in [2.45, 2.75) is 32.0 Å². The minimum absolute atomic E-state index is 0.114. The molecule has 1 saturated heterocycles. The number of nitrogens with zero attached hydrogens (tertiary/aromatic N) is 2. The Morgan fingerprint density at radius 3 is 2.46 bits per heavy atom. The molecule has 0 radical (unpaired) electrons. The van der Waals surface area contributed by atoms with Gasteiger partial charge in [-0.25, -0.2) is 4.79 Å². The quantitative estimate of drug-likeness (QED) is 0.609. The number of carboxylic acid groups (broad SMARTS) is 1. The van der Waals surface area contributed by atoms with E-state index in [-0.39, 0.29) is 6.61 Å². The summed E-state index contributed by atoms with van der Waals surface area (Å²) in [7, 11) is 0. The first kappa shape index (κ1) is 9.81. The van der Waals surface area contributed by atoms with Crippen LogP contribution in [0.1, 0.15) is 20.8 Å². The molecule has 1 heterocycles. The largest absolute Gasteiger partial charge is 0.465 e. The smallest absolute Gasteiger partial charge is 0.410 e. The van der Waals surface area contributed by atoms with E-state index in [4.69, 9.17) is 15.1 Å². The van der Waals surface area contributed by atoms with Crippen molar-refractivity contribution in [2.24, 2.45) is 0 Å². The third-order valence-corrected chi connectivity index (χ3v) is 2.17. The van der Waals surface area contributed by atoms with E-state index in [9.17, 15) is 4.79 Å². The van der Waals surface area contributed by atoms with E-state index >= 15 is 0 Å². The fraction of sp³-hybridized carbons (Fsp3) is 0.750. The van der Waals surface area contributed by atoms with Gasteiger partial charge < -0.3 is 9.84 Å². The van der Waals surface area contributed by atoms with Gasteiger partial charge in [-0.15, -0.1) is 0 Å². The van der Waals surface area contributed by atoms with Gasteiger partial charge in [0, 0.05) is 0 Å². The fourth-order valence-electron chi connectivity index (χ4n) is 1.56. The molecule has 0 saturated carbocycles. The highest BCUT2D eigenvalue weighted by Gasteiger charge is 2.52. The molecule has 0 bridgehead atoms. The molecule has 5 heteroatoms. The highest BCUT2D eigenvalue weighted by Crippen LogP contribution is 2.34. The van der Waals surface area contributed by atoms with E-state index in [1.54, 1.807) is 20.8 Å². The van der Waals surface area contributed by atoms with Crippen LogP contribution >= 0.6 is 0 Å². The number of nitriles is 1. The van der Waals surface area contributed by atoms with E-state index in [0.29, 0.717) is 0 Å². The van der Waals surface area contributed by atoms with Crippen LogP contribution in [0.15, 0.2) is 0 Å². The first-order valence-corrected chi connectivity index (χ1v) is 3.92. The van der Waals surface area contributed by atoms with Gasteiger partial charge in [0.15, 0.2) is 5.54 Å². The zero-order chi connectivity index (χ0) is 10.3. The second kappa shape index (κ2) is 2.60. The molecule has 0 spiro atoms. The van der Waals surface area contributed by atoms with Gasteiger partial charge in [0.2, 0.25) is 0 Å². The van der Waals surface area contributed by atoms with E-state index in [0.717, 1.165) is 4.90 Å². The molecule has 0 aromatic rings. The number of carbonyl (C=O) groups is 1. The van der Waals surface area contributed by atoms with E-state index in [1.807, 2.05) is 6.07 Å². The van der Waals surface area contributed by atoms with Gasteiger partial charge in [-0.3, -0.25) is 4.90 Å². The minimum atomic E-state index is -1.13. The second-order valence-electron chi connectivity index (χ2n) is 3.74. The summed E-state index contributed by atoms with van der Waals surface area (Å²) >= 11 is 0. The summed E-state index contributed by atoms with van der Waals surface area (Å²) < 4.78 is 5.24. The van der Waals surface area contributed by atoms with E-state index in [1.165, 1.54) is 0 Å². The van der Waals surface area contributed by atoms with Crippen molar-refractivity contribution in [3.8, 4) is 6.07 Å². The molecule has 1 rings (SSSR count). The Kier molecular flexibility index (Phi) is 1.96. The molecule has 1 aliphatic rings. The third-order valence-electron chi connectivity index (χ3n) is 2.17. The van der Waals surface area contributed by atoms with Crippen molar-refractivity contribution < 1.29 is 14.6 Å². The fourth-order valence-corrected chi connectivity index (χ4v) is 1.56. The van der Waals surface area contributed by atoms with Crippen LogP contribution in [-0.2, 0) is 4.74 Å². The Morgan fingerprint density at radius 2 is 2.15 bits per heavy atom. The predicted octanol–water partition coefficient (Wildman–Crippen LogP) is 1.01. The first-order valence-electron chi connectivity index (χ1n) is 3.92. The first-order chi connectivity index (χ1) is 5.83. The van der Waals surface area contributed by atoms with Crippen LogP contribution in [0.3, 0.4) is 0 Å². The summed E-state index contributed by atoms with van der Waals surface area (Å²) in [6.07, 6.45) is -1.13. The number of amides is 1. The summed E-state index contributed by atoms with van der Waals surface area (Å²) in [4.78, 5) is 11.9. The molecule has 0 aromatic heterocycles. The molecular formula is C8H12N2O3. The van der Waals surface area contributed by atoms with Crippen molar-refractivity contribution in [1.82, 2.24) is 4.90 Å². The standard InChI is InChI=1S/C8H12N2O3/c1-7(2)10(6(11)12)8(3,4-9)5-13-7/h5H2,1-3H3,(H,11,12)/t8-/m1/s1. The summed E-state index contributed by atoms with van der Waals surface area (Å²) in [5.41, 5.74) is -1.99. The van der Waals surface area contributed by atoms with Crippen LogP contribution in [0.4, 0.5) is 4.79 Å². The molecule has 1 N–H and O–H groups in total. The van der Waals surface area contributed by atoms with Gasteiger partial charge in [0.25, 0.3) is 0 Å². The lowest BCUT2D eigenvalue weighted by Crippen LogP contribution is -2.52. The number of ether oxygens (including phenoxy) is 1. The molecule has 5 nitrogen and oxygen atoms in total. The van der Waals surface area contributed by atoms with Crippen molar-refractivity contribution in [2.75, 3.05) is 6.61 Å². The maximum Gasteiger partial charge on any atom is 0.410 e. The van der Waals surface area contributed by atoms with Gasteiger partial charge in [-0.1, -0.05) is 0 Å². The van der Waals surface area contributed by atoms with Gasteiger partial charge in [-0.05, 0) is 20.8 Å². The highest BCUT2D eigenvalue weighted by atomic mass is 16.5. The van der Waals surface area contributed by atoms with Crippen molar-refractivity contribution in [3.05, 3.63) is 0 Å². The summed E-state index contributed by atoms with van der Waals surface area (Å²) in [6.45, 7) is 4.92. The Balaban J connectivity index is 3.08. The van der Waals surface area contributed by atoms with E-state index in [2.05, 4.69) is 0 Å². The van der Waals surface area contributed by atoms with Crippen LogP contribution < -0.4 is 0 Å². The van der Waals surface area contributed by atoms with Crippen LogP contribution in [-0.4, -0.2) is 34.0 Å². The van der Waals surface area contributed by atoms with Gasteiger partial charge >= 0.3 is 6.09 Å². The lowest BCUT2D eigenvalue weighted by Gasteiger charge is -2.33. The SMILES string of the molecule is CC1(C)OC[C@@](C)(C#N)N1C(=O)O. The Hall–Kier alpha value is -1.28. The Labute approximate surface area is 76.5 Å². The van der Waals surface area contributed by atoms with E-state index < -0.39 is 17.4 Å². The number of hydrogen-bond donors (Lipinski definition) is 1. The maximum absolute atomic E-state index is 10.9. The average Bonchev–Trinajstić information content (AvgIpc) is 2.23. The number of hydrogen-bond acceptors (Lipinski definition) is 3. The molecule has 0 unspecified atom stereocenters. The lowest BCUT2D eigenvalue weighted by molar-refractivity contribution is -0.0437. The molecule has 0 aliphatic carbocycles. The molecule has 72 valence electrons. The second-order valence-corrected chi connectivity index (χ2v) is 3.74. The molecule has 0 aromatic carbocycles. The van der Waals surface area contributed by atoms with Crippen LogP contribution in [0, 0.1) is 11.3 Å². The summed E-state index contributed by atoms with van der Waals surface area (Å²) in [5.74, 6) is 0. The van der Waals surface area contributed by atoms with Crippen molar-refractivity contribution in [3.63, 3.8) is 0 Å². The molecule has 1 fully saturated rings. The average molecular weight is 184 g/mol. The van der Waals surface area contributed by atoms with Crippen molar-refractivity contribution in [1.29, 1.82) is 5.26 Å². The monoisotopic (exact) mass is 184 g/mol. The molecule has 1 atom stereocenters. The zero-order valence-electron chi connectivity index (χ0n) is 7.87. The zero-order valence-corrected chi connectivity index (χ0v) is 7.87.